The molecule has 6 heteroatoms. The van der Waals surface area contributed by atoms with Gasteiger partial charge < -0.3 is 14.5 Å². The first-order valence-electron chi connectivity index (χ1n) is 7.65. The van der Waals surface area contributed by atoms with Crippen molar-refractivity contribution in [2.45, 2.75) is 26.5 Å². The van der Waals surface area contributed by atoms with E-state index >= 15 is 0 Å². The van der Waals surface area contributed by atoms with Gasteiger partial charge in [-0.05, 0) is 50.2 Å². The minimum absolute atomic E-state index is 0.139. The number of nitrogens with zero attached hydrogens (tertiary/aromatic N) is 1. The number of hydrogen-bond donors (Lipinski definition) is 1. The normalized spacial score (nSPS) is 10.8. The Bertz CT molecular complexity index is 792. The minimum Gasteiger partial charge on any atom is -0.491 e. The van der Waals surface area contributed by atoms with Crippen molar-refractivity contribution in [3.8, 4) is 16.3 Å². The molecule has 3 rings (SSSR count). The third kappa shape index (κ3) is 4.02. The van der Waals surface area contributed by atoms with E-state index in [-0.39, 0.29) is 12.0 Å². The van der Waals surface area contributed by atoms with Gasteiger partial charge in [0.05, 0.1) is 18.9 Å². The molecule has 24 heavy (non-hydrogen) atoms. The lowest BCUT2D eigenvalue weighted by Gasteiger charge is -2.09. The second-order valence-corrected chi connectivity index (χ2v) is 6.35. The minimum atomic E-state index is -0.214. The van der Waals surface area contributed by atoms with Crippen molar-refractivity contribution >= 4 is 17.2 Å². The maximum Gasteiger partial charge on any atom is 0.271 e. The summed E-state index contributed by atoms with van der Waals surface area (Å²) >= 11 is 1.44. The first-order valence-corrected chi connectivity index (χ1v) is 8.53. The van der Waals surface area contributed by atoms with Crippen LogP contribution in [-0.2, 0) is 6.54 Å². The number of nitrogens with one attached hydrogen (secondary N) is 1. The first kappa shape index (κ1) is 16.3. The molecule has 0 aliphatic carbocycles. The number of rotatable bonds is 6. The highest BCUT2D eigenvalue weighted by atomic mass is 32.1. The average molecular weight is 342 g/mol. The Balaban J connectivity index is 1.65. The summed E-state index contributed by atoms with van der Waals surface area (Å²) in [6.45, 7) is 4.32. The van der Waals surface area contributed by atoms with Crippen LogP contribution in [0.25, 0.3) is 10.6 Å². The van der Waals surface area contributed by atoms with E-state index in [1.54, 1.807) is 17.7 Å². The number of furan rings is 1. The molecule has 0 unspecified atom stereocenters. The molecule has 0 aliphatic rings. The zero-order chi connectivity index (χ0) is 16.9. The van der Waals surface area contributed by atoms with Crippen LogP contribution in [0.4, 0.5) is 0 Å². The monoisotopic (exact) mass is 342 g/mol. The number of ether oxygens (including phenoxy) is 1. The number of carbonyl (C=O) groups excluding carboxylic acids is 1. The molecule has 0 saturated heterocycles. The molecule has 0 spiro atoms. The van der Waals surface area contributed by atoms with E-state index in [1.165, 1.54) is 11.3 Å². The molecule has 0 bridgehead atoms. The van der Waals surface area contributed by atoms with Gasteiger partial charge in [0, 0.05) is 10.9 Å². The van der Waals surface area contributed by atoms with E-state index < -0.39 is 0 Å². The SMILES string of the molecule is CC(C)Oc1ccc(-c2nc(C(=O)NCc3ccco3)cs2)cc1. The highest BCUT2D eigenvalue weighted by molar-refractivity contribution is 7.13. The average Bonchev–Trinajstić information content (AvgIpc) is 3.24. The van der Waals surface area contributed by atoms with Gasteiger partial charge in [-0.15, -0.1) is 11.3 Å². The lowest BCUT2D eigenvalue weighted by atomic mass is 10.2. The Hall–Kier alpha value is -2.60. The Morgan fingerprint density at radius 1 is 1.29 bits per heavy atom. The van der Waals surface area contributed by atoms with Crippen LogP contribution in [0.2, 0.25) is 0 Å². The number of amides is 1. The van der Waals surface area contributed by atoms with Crippen molar-refractivity contribution in [1.82, 2.24) is 10.3 Å². The van der Waals surface area contributed by atoms with E-state index in [0.717, 1.165) is 16.3 Å². The van der Waals surface area contributed by atoms with Gasteiger partial charge in [0.25, 0.3) is 5.91 Å². The largest absolute Gasteiger partial charge is 0.491 e. The number of carbonyl (C=O) groups is 1. The number of thiazole rings is 1. The van der Waals surface area contributed by atoms with E-state index in [9.17, 15) is 4.79 Å². The molecule has 1 amide bonds. The summed E-state index contributed by atoms with van der Waals surface area (Å²) in [5.74, 6) is 1.31. The molecule has 1 aromatic carbocycles. The third-order valence-electron chi connectivity index (χ3n) is 3.21. The van der Waals surface area contributed by atoms with Crippen LogP contribution in [0, 0.1) is 0 Å². The van der Waals surface area contributed by atoms with E-state index in [0.29, 0.717) is 18.0 Å². The second-order valence-electron chi connectivity index (χ2n) is 5.49. The van der Waals surface area contributed by atoms with Crippen molar-refractivity contribution in [2.24, 2.45) is 0 Å². The summed E-state index contributed by atoms with van der Waals surface area (Å²) in [6, 6.07) is 11.3. The predicted molar refractivity (Wildman–Crippen MR) is 93.2 cm³/mol. The molecular weight excluding hydrogens is 324 g/mol. The molecule has 0 fully saturated rings. The smallest absolute Gasteiger partial charge is 0.271 e. The Morgan fingerprint density at radius 2 is 2.08 bits per heavy atom. The second kappa shape index (κ2) is 7.31. The van der Waals surface area contributed by atoms with Crippen LogP contribution in [0.15, 0.2) is 52.5 Å². The van der Waals surface area contributed by atoms with Crippen molar-refractivity contribution in [2.75, 3.05) is 0 Å². The molecular formula is C18H18N2O3S. The van der Waals surface area contributed by atoms with Gasteiger partial charge in [-0.3, -0.25) is 4.79 Å². The fourth-order valence-electron chi connectivity index (χ4n) is 2.13. The van der Waals surface area contributed by atoms with Crippen LogP contribution >= 0.6 is 11.3 Å². The van der Waals surface area contributed by atoms with Gasteiger partial charge in [0.15, 0.2) is 0 Å². The topological polar surface area (TPSA) is 64.4 Å². The Labute approximate surface area is 144 Å². The van der Waals surface area contributed by atoms with Crippen molar-refractivity contribution in [3.63, 3.8) is 0 Å². The quantitative estimate of drug-likeness (QED) is 0.732. The fourth-order valence-corrected chi connectivity index (χ4v) is 2.94. The van der Waals surface area contributed by atoms with Gasteiger partial charge in [-0.25, -0.2) is 4.98 Å². The third-order valence-corrected chi connectivity index (χ3v) is 4.10. The molecule has 2 heterocycles. The Morgan fingerprint density at radius 3 is 2.75 bits per heavy atom. The lowest BCUT2D eigenvalue weighted by Crippen LogP contribution is -2.22. The maximum atomic E-state index is 12.1. The maximum absolute atomic E-state index is 12.1. The number of hydrogen-bond acceptors (Lipinski definition) is 5. The first-order chi connectivity index (χ1) is 11.6. The van der Waals surface area contributed by atoms with E-state index in [1.807, 2.05) is 44.2 Å². The van der Waals surface area contributed by atoms with Gasteiger partial charge in [0.2, 0.25) is 0 Å². The highest BCUT2D eigenvalue weighted by Gasteiger charge is 2.12. The lowest BCUT2D eigenvalue weighted by molar-refractivity contribution is 0.0944. The fraction of sp³-hybridized carbons (Fsp3) is 0.222. The standard InChI is InChI=1S/C18H18N2O3S/c1-12(2)23-14-7-5-13(6-8-14)18-20-16(11-24-18)17(21)19-10-15-4-3-9-22-15/h3-9,11-12H,10H2,1-2H3,(H,19,21). The van der Waals surface area contributed by atoms with Gasteiger partial charge in [-0.2, -0.15) is 0 Å². The highest BCUT2D eigenvalue weighted by Crippen LogP contribution is 2.26. The molecule has 124 valence electrons. The summed E-state index contributed by atoms with van der Waals surface area (Å²) < 4.78 is 10.8. The summed E-state index contributed by atoms with van der Waals surface area (Å²) in [5.41, 5.74) is 1.37. The zero-order valence-corrected chi connectivity index (χ0v) is 14.3. The van der Waals surface area contributed by atoms with E-state index in [2.05, 4.69) is 10.3 Å². The molecule has 2 aromatic heterocycles. The summed E-state index contributed by atoms with van der Waals surface area (Å²) in [7, 11) is 0. The van der Waals surface area contributed by atoms with Gasteiger partial charge in [0.1, 0.15) is 22.2 Å². The van der Waals surface area contributed by atoms with Crippen molar-refractivity contribution in [1.29, 1.82) is 0 Å². The summed E-state index contributed by atoms with van der Waals surface area (Å²) in [6.07, 6.45) is 1.72. The Kier molecular flexibility index (Phi) is 4.96. The zero-order valence-electron chi connectivity index (χ0n) is 13.5. The van der Waals surface area contributed by atoms with Crippen LogP contribution in [0.5, 0.6) is 5.75 Å². The molecule has 0 saturated carbocycles. The van der Waals surface area contributed by atoms with Crippen LogP contribution < -0.4 is 10.1 Å². The molecule has 5 nitrogen and oxygen atoms in total. The molecule has 0 radical (unpaired) electrons. The van der Waals surface area contributed by atoms with E-state index in [4.69, 9.17) is 9.15 Å². The molecule has 1 N–H and O–H groups in total. The van der Waals surface area contributed by atoms with Crippen molar-refractivity contribution < 1.29 is 13.9 Å². The van der Waals surface area contributed by atoms with Crippen molar-refractivity contribution in [3.05, 3.63) is 59.5 Å². The molecule has 0 atom stereocenters. The van der Waals surface area contributed by atoms with Crippen LogP contribution in [0.1, 0.15) is 30.1 Å². The van der Waals surface area contributed by atoms with Crippen LogP contribution in [0.3, 0.4) is 0 Å². The molecule has 3 aromatic rings. The number of benzene rings is 1. The molecule has 0 aliphatic heterocycles. The summed E-state index contributed by atoms with van der Waals surface area (Å²) in [5, 5.41) is 5.34. The number of aromatic nitrogens is 1. The van der Waals surface area contributed by atoms with Crippen LogP contribution in [-0.4, -0.2) is 17.0 Å². The summed E-state index contributed by atoms with van der Waals surface area (Å²) in [4.78, 5) is 16.5. The predicted octanol–water partition coefficient (Wildman–Crippen LogP) is 4.12. The van der Waals surface area contributed by atoms with Gasteiger partial charge in [-0.1, -0.05) is 0 Å². The van der Waals surface area contributed by atoms with Gasteiger partial charge >= 0.3 is 0 Å².